The molecule has 3 rings (SSSR count). The predicted octanol–water partition coefficient (Wildman–Crippen LogP) is 2.91. The zero-order valence-electron chi connectivity index (χ0n) is 13.1. The minimum absolute atomic E-state index is 0.00914. The van der Waals surface area contributed by atoms with Gasteiger partial charge in [-0.1, -0.05) is 18.2 Å². The van der Waals surface area contributed by atoms with Crippen LogP contribution in [0.5, 0.6) is 5.75 Å². The number of H-pyrrole nitrogens is 1. The average molecular weight is 323 g/mol. The molecule has 2 aromatic heterocycles. The molecule has 0 bridgehead atoms. The van der Waals surface area contributed by atoms with Gasteiger partial charge in [-0.2, -0.15) is 5.10 Å². The molecule has 122 valence electrons. The summed E-state index contributed by atoms with van der Waals surface area (Å²) < 4.78 is 6.12. The zero-order valence-corrected chi connectivity index (χ0v) is 13.1. The monoisotopic (exact) mass is 323 g/mol. The van der Waals surface area contributed by atoms with Crippen LogP contribution in [-0.4, -0.2) is 26.3 Å². The highest BCUT2D eigenvalue weighted by Crippen LogP contribution is 2.28. The quantitative estimate of drug-likeness (QED) is 0.728. The molecule has 0 saturated carbocycles. The Morgan fingerprint density at radius 3 is 2.62 bits per heavy atom. The van der Waals surface area contributed by atoms with Crippen LogP contribution in [0.3, 0.4) is 0 Å². The predicted molar refractivity (Wildman–Crippen MR) is 87.8 cm³/mol. The second-order valence-corrected chi connectivity index (χ2v) is 5.39. The van der Waals surface area contributed by atoms with Gasteiger partial charge < -0.3 is 9.84 Å². The fraction of sp³-hybridized carbons (Fsp3) is 0.167. The first-order valence-electron chi connectivity index (χ1n) is 7.52. The van der Waals surface area contributed by atoms with Crippen LogP contribution in [0.1, 0.15) is 28.6 Å². The van der Waals surface area contributed by atoms with Gasteiger partial charge in [0.2, 0.25) is 0 Å². The van der Waals surface area contributed by atoms with Crippen molar-refractivity contribution in [2.24, 2.45) is 0 Å². The van der Waals surface area contributed by atoms with Crippen LogP contribution in [0, 0.1) is 6.92 Å². The number of hydrogen-bond donors (Lipinski definition) is 2. The molecule has 2 N–H and O–H groups in total. The number of benzene rings is 1. The van der Waals surface area contributed by atoms with E-state index in [9.17, 15) is 4.79 Å². The van der Waals surface area contributed by atoms with Gasteiger partial charge in [0.15, 0.2) is 6.10 Å². The molecule has 0 radical (unpaired) electrons. The molecular weight excluding hydrogens is 306 g/mol. The van der Waals surface area contributed by atoms with E-state index in [4.69, 9.17) is 9.84 Å². The number of pyridine rings is 1. The minimum Gasteiger partial charge on any atom is -0.481 e. The molecule has 6 nitrogen and oxygen atoms in total. The van der Waals surface area contributed by atoms with Crippen LogP contribution in [0.4, 0.5) is 0 Å². The van der Waals surface area contributed by atoms with Crippen LogP contribution >= 0.6 is 0 Å². The van der Waals surface area contributed by atoms with Crippen molar-refractivity contribution in [3.05, 3.63) is 77.4 Å². The molecule has 24 heavy (non-hydrogen) atoms. The van der Waals surface area contributed by atoms with E-state index < -0.39 is 12.1 Å². The van der Waals surface area contributed by atoms with E-state index in [0.29, 0.717) is 5.75 Å². The van der Waals surface area contributed by atoms with Gasteiger partial charge in [-0.3, -0.25) is 14.9 Å². The maximum Gasteiger partial charge on any atom is 0.307 e. The Morgan fingerprint density at radius 2 is 2.04 bits per heavy atom. The fourth-order valence-corrected chi connectivity index (χ4v) is 2.44. The molecule has 0 amide bonds. The Hall–Kier alpha value is -3.15. The van der Waals surface area contributed by atoms with Gasteiger partial charge in [0, 0.05) is 18.0 Å². The van der Waals surface area contributed by atoms with Crippen LogP contribution < -0.4 is 4.74 Å². The van der Waals surface area contributed by atoms with E-state index in [1.807, 2.05) is 25.1 Å². The van der Waals surface area contributed by atoms with Gasteiger partial charge in [-0.25, -0.2) is 0 Å². The number of aromatic nitrogens is 3. The molecular formula is C18H17N3O3. The highest BCUT2D eigenvalue weighted by molar-refractivity contribution is 5.70. The molecule has 0 aliphatic heterocycles. The molecule has 2 heterocycles. The standard InChI is InChI=1S/C18H17N3O3/c1-12-15(11-20-21-12)18(16-4-2-3-9-19-16)24-14-7-5-13(6-8-14)10-17(22)23/h2-9,11,18H,10H2,1H3,(H,20,21)(H,22,23). The molecule has 0 fully saturated rings. The summed E-state index contributed by atoms with van der Waals surface area (Å²) in [6.45, 7) is 1.90. The lowest BCUT2D eigenvalue weighted by molar-refractivity contribution is -0.136. The number of ether oxygens (including phenoxy) is 1. The zero-order chi connectivity index (χ0) is 16.9. The molecule has 1 aromatic carbocycles. The Morgan fingerprint density at radius 1 is 1.25 bits per heavy atom. The molecule has 0 saturated heterocycles. The lowest BCUT2D eigenvalue weighted by atomic mass is 10.1. The van der Waals surface area contributed by atoms with Crippen molar-refractivity contribution in [1.82, 2.24) is 15.2 Å². The topological polar surface area (TPSA) is 88.1 Å². The third kappa shape index (κ3) is 3.60. The second-order valence-electron chi connectivity index (χ2n) is 5.39. The summed E-state index contributed by atoms with van der Waals surface area (Å²) >= 11 is 0. The number of aromatic amines is 1. The maximum absolute atomic E-state index is 10.8. The summed E-state index contributed by atoms with van der Waals surface area (Å²) in [7, 11) is 0. The van der Waals surface area contributed by atoms with E-state index in [2.05, 4.69) is 15.2 Å². The minimum atomic E-state index is -0.857. The van der Waals surface area contributed by atoms with Crippen LogP contribution in [-0.2, 0) is 11.2 Å². The van der Waals surface area contributed by atoms with Crippen molar-refractivity contribution in [3.8, 4) is 5.75 Å². The number of rotatable bonds is 6. The van der Waals surface area contributed by atoms with Crippen molar-refractivity contribution >= 4 is 5.97 Å². The van der Waals surface area contributed by atoms with E-state index in [1.54, 1.807) is 36.7 Å². The molecule has 1 unspecified atom stereocenters. The van der Waals surface area contributed by atoms with Crippen LogP contribution in [0.2, 0.25) is 0 Å². The first-order valence-corrected chi connectivity index (χ1v) is 7.52. The number of nitrogens with one attached hydrogen (secondary N) is 1. The summed E-state index contributed by atoms with van der Waals surface area (Å²) in [6, 6.07) is 12.7. The van der Waals surface area contributed by atoms with Crippen molar-refractivity contribution in [3.63, 3.8) is 0 Å². The number of aliphatic carboxylic acids is 1. The van der Waals surface area contributed by atoms with Crippen molar-refractivity contribution in [2.75, 3.05) is 0 Å². The fourth-order valence-electron chi connectivity index (χ4n) is 2.44. The summed E-state index contributed by atoms with van der Waals surface area (Å²) in [5, 5.41) is 15.8. The van der Waals surface area contributed by atoms with Gasteiger partial charge in [-0.05, 0) is 36.8 Å². The molecule has 0 aliphatic carbocycles. The van der Waals surface area contributed by atoms with Crippen molar-refractivity contribution in [1.29, 1.82) is 0 Å². The Bertz CT molecular complexity index is 813. The number of nitrogens with zero attached hydrogens (tertiary/aromatic N) is 2. The molecule has 6 heteroatoms. The summed E-state index contributed by atoms with van der Waals surface area (Å²) in [5.41, 5.74) is 3.25. The van der Waals surface area contributed by atoms with Gasteiger partial charge in [-0.15, -0.1) is 0 Å². The number of carbonyl (C=O) groups is 1. The maximum atomic E-state index is 10.8. The van der Waals surface area contributed by atoms with Crippen molar-refractivity contribution in [2.45, 2.75) is 19.4 Å². The van der Waals surface area contributed by atoms with E-state index in [0.717, 1.165) is 22.5 Å². The average Bonchev–Trinajstić information content (AvgIpc) is 3.00. The van der Waals surface area contributed by atoms with Gasteiger partial charge in [0.25, 0.3) is 0 Å². The smallest absolute Gasteiger partial charge is 0.307 e. The number of carboxylic acid groups (broad SMARTS) is 1. The third-order valence-corrected chi connectivity index (χ3v) is 3.64. The summed E-state index contributed by atoms with van der Waals surface area (Å²) in [5.74, 6) is -0.218. The Kier molecular flexibility index (Phi) is 4.56. The third-order valence-electron chi connectivity index (χ3n) is 3.64. The van der Waals surface area contributed by atoms with E-state index in [1.165, 1.54) is 0 Å². The van der Waals surface area contributed by atoms with Crippen molar-refractivity contribution < 1.29 is 14.6 Å². The first kappa shape index (κ1) is 15.7. The molecule has 0 aliphatic rings. The lowest BCUT2D eigenvalue weighted by Gasteiger charge is -2.18. The largest absolute Gasteiger partial charge is 0.481 e. The summed E-state index contributed by atoms with van der Waals surface area (Å²) in [4.78, 5) is 15.1. The highest BCUT2D eigenvalue weighted by atomic mass is 16.5. The Balaban J connectivity index is 1.87. The number of carboxylic acids is 1. The Labute approximate surface area is 139 Å². The second kappa shape index (κ2) is 6.95. The number of aryl methyl sites for hydroxylation is 1. The number of hydrogen-bond acceptors (Lipinski definition) is 4. The van der Waals surface area contributed by atoms with Gasteiger partial charge in [0.05, 0.1) is 17.8 Å². The van der Waals surface area contributed by atoms with E-state index >= 15 is 0 Å². The molecule has 1 atom stereocenters. The lowest BCUT2D eigenvalue weighted by Crippen LogP contribution is -2.11. The van der Waals surface area contributed by atoms with Gasteiger partial charge >= 0.3 is 5.97 Å². The van der Waals surface area contributed by atoms with Crippen LogP contribution in [0.25, 0.3) is 0 Å². The summed E-state index contributed by atoms with van der Waals surface area (Å²) in [6.07, 6.45) is 3.12. The molecule has 3 aromatic rings. The molecule has 0 spiro atoms. The van der Waals surface area contributed by atoms with Gasteiger partial charge in [0.1, 0.15) is 5.75 Å². The first-order chi connectivity index (χ1) is 11.6. The SMILES string of the molecule is Cc1n[nH]cc1C(Oc1ccc(CC(=O)O)cc1)c1ccccn1. The van der Waals surface area contributed by atoms with Crippen LogP contribution in [0.15, 0.2) is 54.9 Å². The highest BCUT2D eigenvalue weighted by Gasteiger charge is 2.21. The normalized spacial score (nSPS) is 11.9. The van der Waals surface area contributed by atoms with E-state index in [-0.39, 0.29) is 6.42 Å².